The number of para-hydroxylation sites is 5. The molecule has 10 aromatic carbocycles. The van der Waals surface area contributed by atoms with Gasteiger partial charge >= 0.3 is 0 Å². The molecule has 14 aromatic rings. The Morgan fingerprint density at radius 1 is 0.292 bits per heavy atom. The van der Waals surface area contributed by atoms with E-state index in [0.717, 1.165) is 55.6 Å². The van der Waals surface area contributed by atoms with Crippen LogP contribution in [0.1, 0.15) is 5.56 Å². The Labute approximate surface area is 374 Å². The summed E-state index contributed by atoms with van der Waals surface area (Å²) in [5.74, 6) is 0. The maximum absolute atomic E-state index is 6.37. The van der Waals surface area contributed by atoms with E-state index in [-0.39, 0.29) is 0 Å². The molecule has 0 atom stereocenters. The van der Waals surface area contributed by atoms with Crippen LogP contribution in [0.4, 0.5) is 0 Å². The zero-order chi connectivity index (χ0) is 42.8. The summed E-state index contributed by atoms with van der Waals surface area (Å²) in [5.41, 5.74) is 18.2. The van der Waals surface area contributed by atoms with Crippen molar-refractivity contribution in [2.75, 3.05) is 0 Å². The monoisotopic (exact) mass is 829 g/mol. The number of rotatable bonds is 5. The third kappa shape index (κ3) is 5.25. The van der Waals surface area contributed by atoms with Crippen LogP contribution >= 0.6 is 0 Å². The van der Waals surface area contributed by atoms with E-state index in [1.165, 1.54) is 76.6 Å². The molecule has 0 fully saturated rings. The summed E-state index contributed by atoms with van der Waals surface area (Å²) in [6.07, 6.45) is 0. The fourth-order valence-corrected chi connectivity index (χ4v) is 10.8. The van der Waals surface area contributed by atoms with Crippen molar-refractivity contribution in [1.29, 1.82) is 0 Å². The molecule has 4 heterocycles. The van der Waals surface area contributed by atoms with Crippen molar-refractivity contribution in [3.63, 3.8) is 0 Å². The van der Waals surface area contributed by atoms with E-state index in [1.807, 2.05) is 6.07 Å². The number of hydrogen-bond acceptors (Lipinski definition) is 1. The van der Waals surface area contributed by atoms with Crippen LogP contribution in [0.15, 0.2) is 223 Å². The quantitative estimate of drug-likeness (QED) is 0.170. The molecule has 0 aliphatic heterocycles. The molecule has 304 valence electrons. The van der Waals surface area contributed by atoms with E-state index < -0.39 is 0 Å². The number of nitrogens with zero attached hydrogens (tertiary/aromatic N) is 3. The Kier molecular flexibility index (Phi) is 7.57. The molecule has 65 heavy (non-hydrogen) atoms. The third-order valence-electron chi connectivity index (χ3n) is 13.7. The summed E-state index contributed by atoms with van der Waals surface area (Å²) in [6, 6.07) is 79.8. The fraction of sp³-hybridized carbons (Fsp3) is 0.0164. The standard InChI is InChI=1S/C61H39N3O/c1-38-32-61-52(47-23-11-15-27-60(47)65-61)37-57(38)64-55-26-14-10-22-45(55)51-35-48(39-16-4-2-5-17-39)49(36-59(51)64)40-28-30-46-43-20-8-12-24-53(43)63(58(46)33-40)42-29-31-56-50(34-42)44-21-9-13-25-54(44)62(56)41-18-6-3-7-19-41/h2-37H,1H3. The van der Waals surface area contributed by atoms with E-state index in [0.29, 0.717) is 0 Å². The van der Waals surface area contributed by atoms with E-state index in [9.17, 15) is 0 Å². The maximum Gasteiger partial charge on any atom is 0.135 e. The molecule has 0 N–H and O–H groups in total. The molecule has 4 heteroatoms. The average molecular weight is 830 g/mol. The topological polar surface area (TPSA) is 27.9 Å². The van der Waals surface area contributed by atoms with Crippen molar-refractivity contribution in [2.45, 2.75) is 6.92 Å². The molecule has 0 saturated heterocycles. The first-order valence-corrected chi connectivity index (χ1v) is 22.3. The zero-order valence-electron chi connectivity index (χ0n) is 35.5. The first kappa shape index (κ1) is 35.9. The molecule has 0 aliphatic rings. The summed E-state index contributed by atoms with van der Waals surface area (Å²) >= 11 is 0. The summed E-state index contributed by atoms with van der Waals surface area (Å²) in [4.78, 5) is 0. The second kappa shape index (κ2) is 13.7. The highest BCUT2D eigenvalue weighted by Crippen LogP contribution is 2.44. The lowest BCUT2D eigenvalue weighted by Crippen LogP contribution is -1.98. The molecule has 4 nitrogen and oxygen atoms in total. The molecule has 0 aliphatic carbocycles. The first-order valence-electron chi connectivity index (χ1n) is 22.3. The van der Waals surface area contributed by atoms with Gasteiger partial charge in [-0.3, -0.25) is 0 Å². The van der Waals surface area contributed by atoms with Gasteiger partial charge in [0.25, 0.3) is 0 Å². The van der Waals surface area contributed by atoms with Gasteiger partial charge in [0.05, 0.1) is 33.1 Å². The van der Waals surface area contributed by atoms with Crippen molar-refractivity contribution in [3.05, 3.63) is 224 Å². The highest BCUT2D eigenvalue weighted by molar-refractivity contribution is 6.16. The van der Waals surface area contributed by atoms with Crippen molar-refractivity contribution >= 4 is 87.4 Å². The predicted molar refractivity (Wildman–Crippen MR) is 272 cm³/mol. The van der Waals surface area contributed by atoms with Crippen LogP contribution in [0.2, 0.25) is 0 Å². The number of fused-ring (bicyclic) bond motifs is 12. The van der Waals surface area contributed by atoms with E-state index in [2.05, 4.69) is 233 Å². The molecule has 14 rings (SSSR count). The van der Waals surface area contributed by atoms with Crippen LogP contribution in [-0.2, 0) is 0 Å². The van der Waals surface area contributed by atoms with Crippen molar-refractivity contribution < 1.29 is 4.42 Å². The fourth-order valence-electron chi connectivity index (χ4n) is 10.8. The van der Waals surface area contributed by atoms with Gasteiger partial charge in [0.15, 0.2) is 0 Å². The van der Waals surface area contributed by atoms with Gasteiger partial charge in [0.2, 0.25) is 0 Å². The molecule has 0 radical (unpaired) electrons. The van der Waals surface area contributed by atoms with Gasteiger partial charge in [-0.1, -0.05) is 133 Å². The van der Waals surface area contributed by atoms with Crippen LogP contribution in [-0.4, -0.2) is 13.7 Å². The first-order chi connectivity index (χ1) is 32.2. The number of aromatic nitrogens is 3. The summed E-state index contributed by atoms with van der Waals surface area (Å²) in [7, 11) is 0. The van der Waals surface area contributed by atoms with Gasteiger partial charge in [-0.2, -0.15) is 0 Å². The average Bonchev–Trinajstić information content (AvgIpc) is 4.09. The lowest BCUT2D eigenvalue weighted by atomic mass is 9.92. The lowest BCUT2D eigenvalue weighted by Gasteiger charge is -2.16. The van der Waals surface area contributed by atoms with Crippen molar-refractivity contribution in [2.24, 2.45) is 0 Å². The van der Waals surface area contributed by atoms with Gasteiger partial charge in [0.1, 0.15) is 11.2 Å². The molecule has 0 unspecified atom stereocenters. The Morgan fingerprint density at radius 3 is 1.57 bits per heavy atom. The van der Waals surface area contributed by atoms with E-state index in [4.69, 9.17) is 4.42 Å². The molecule has 0 saturated carbocycles. The number of benzene rings is 10. The molecular formula is C61H39N3O. The number of aryl methyl sites for hydroxylation is 1. The molecule has 4 aromatic heterocycles. The Balaban J connectivity index is 1.04. The summed E-state index contributed by atoms with van der Waals surface area (Å²) in [6.45, 7) is 2.20. The van der Waals surface area contributed by atoms with Gasteiger partial charge in [-0.15, -0.1) is 0 Å². The minimum atomic E-state index is 0.905. The van der Waals surface area contributed by atoms with E-state index in [1.54, 1.807) is 0 Å². The molecule has 0 amide bonds. The van der Waals surface area contributed by atoms with Gasteiger partial charge < -0.3 is 18.1 Å². The summed E-state index contributed by atoms with van der Waals surface area (Å²) < 4.78 is 13.7. The SMILES string of the molecule is Cc1cc2oc3ccccc3c2cc1-n1c2ccccc2c2cc(-c3ccccc3)c(-c3ccc4c5ccccc5n(-c5ccc6c(c5)c5ccccc5n6-c5ccccc5)c4c3)cc21. The van der Waals surface area contributed by atoms with Crippen LogP contribution < -0.4 is 0 Å². The predicted octanol–water partition coefficient (Wildman–Crippen LogP) is 16.5. The van der Waals surface area contributed by atoms with Crippen LogP contribution in [0.5, 0.6) is 0 Å². The van der Waals surface area contributed by atoms with Crippen LogP contribution in [0.3, 0.4) is 0 Å². The lowest BCUT2D eigenvalue weighted by molar-refractivity contribution is 0.668. The van der Waals surface area contributed by atoms with Crippen LogP contribution in [0, 0.1) is 6.92 Å². The minimum Gasteiger partial charge on any atom is -0.456 e. The Hall–Kier alpha value is -8.60. The van der Waals surface area contributed by atoms with E-state index >= 15 is 0 Å². The van der Waals surface area contributed by atoms with Gasteiger partial charge in [-0.25, -0.2) is 0 Å². The normalized spacial score (nSPS) is 12.1. The second-order valence-electron chi connectivity index (χ2n) is 17.3. The van der Waals surface area contributed by atoms with Crippen molar-refractivity contribution in [1.82, 2.24) is 13.7 Å². The molecular weight excluding hydrogens is 791 g/mol. The van der Waals surface area contributed by atoms with Gasteiger partial charge in [0, 0.05) is 60.2 Å². The van der Waals surface area contributed by atoms with Gasteiger partial charge in [-0.05, 0) is 120 Å². The zero-order valence-corrected chi connectivity index (χ0v) is 35.5. The van der Waals surface area contributed by atoms with Crippen molar-refractivity contribution in [3.8, 4) is 39.3 Å². The maximum atomic E-state index is 6.37. The smallest absolute Gasteiger partial charge is 0.135 e. The molecule has 0 bridgehead atoms. The molecule has 0 spiro atoms. The summed E-state index contributed by atoms with van der Waals surface area (Å²) in [5, 5.41) is 9.61. The third-order valence-corrected chi connectivity index (χ3v) is 13.7. The second-order valence-corrected chi connectivity index (χ2v) is 17.3. The minimum absolute atomic E-state index is 0.905. The Bertz CT molecular complexity index is 4240. The highest BCUT2D eigenvalue weighted by Gasteiger charge is 2.22. The number of furan rings is 1. The largest absolute Gasteiger partial charge is 0.456 e. The Morgan fingerprint density at radius 2 is 0.831 bits per heavy atom. The highest BCUT2D eigenvalue weighted by atomic mass is 16.3. The number of hydrogen-bond donors (Lipinski definition) is 0. The van der Waals surface area contributed by atoms with Crippen LogP contribution in [0.25, 0.3) is 127 Å².